The van der Waals surface area contributed by atoms with Gasteiger partial charge in [-0.3, -0.25) is 0 Å². The molecule has 0 aliphatic carbocycles. The molecule has 0 aromatic rings. The molecule has 0 unspecified atom stereocenters. The van der Waals surface area contributed by atoms with Crippen LogP contribution in [0, 0.1) is 5.92 Å². The Balaban J connectivity index is 1.84. The smallest absolute Gasteiger partial charge is 0.407 e. The summed E-state index contributed by atoms with van der Waals surface area (Å²) in [6.07, 6.45) is 6.69. The number of hydrogen-bond donors (Lipinski definition) is 1. The number of oxime groups is 1. The Morgan fingerprint density at radius 2 is 1.91 bits per heavy atom. The molecule has 2 fully saturated rings. The van der Waals surface area contributed by atoms with Crippen LogP contribution in [-0.4, -0.2) is 66.0 Å². The molecule has 6 nitrogen and oxygen atoms in total. The molecule has 2 saturated heterocycles. The average Bonchev–Trinajstić information content (AvgIpc) is 2.81. The van der Waals surface area contributed by atoms with E-state index in [1.165, 1.54) is 5.71 Å². The first kappa shape index (κ1) is 18.0. The van der Waals surface area contributed by atoms with Gasteiger partial charge in [0.05, 0.1) is 5.71 Å². The average molecular weight is 325 g/mol. The van der Waals surface area contributed by atoms with Gasteiger partial charge in [-0.25, -0.2) is 4.79 Å². The van der Waals surface area contributed by atoms with Gasteiger partial charge < -0.3 is 19.7 Å². The van der Waals surface area contributed by atoms with Crippen LogP contribution in [0.5, 0.6) is 0 Å². The molecule has 6 heteroatoms. The van der Waals surface area contributed by atoms with E-state index in [4.69, 9.17) is 9.94 Å². The molecule has 1 N–H and O–H groups in total. The first-order chi connectivity index (χ1) is 11.2. The second-order valence-electron chi connectivity index (χ2n) is 6.68. The van der Waals surface area contributed by atoms with Gasteiger partial charge in [-0.2, -0.15) is 0 Å². The number of amides is 1. The van der Waals surface area contributed by atoms with Gasteiger partial charge >= 0.3 is 6.09 Å². The highest BCUT2D eigenvalue weighted by Crippen LogP contribution is 2.26. The van der Waals surface area contributed by atoms with Crippen molar-refractivity contribution < 1.29 is 14.7 Å². The van der Waals surface area contributed by atoms with E-state index in [0.717, 1.165) is 58.0 Å². The number of piperidine rings is 1. The summed E-state index contributed by atoms with van der Waals surface area (Å²) in [6, 6.07) is 0.536. The van der Waals surface area contributed by atoms with Crippen molar-refractivity contribution in [3.63, 3.8) is 0 Å². The third-order valence-corrected chi connectivity index (χ3v) is 5.20. The second-order valence-corrected chi connectivity index (χ2v) is 6.68. The van der Waals surface area contributed by atoms with Gasteiger partial charge in [0, 0.05) is 25.0 Å². The van der Waals surface area contributed by atoms with E-state index in [1.807, 2.05) is 0 Å². The third kappa shape index (κ3) is 5.09. The highest BCUT2D eigenvalue weighted by molar-refractivity contribution is 5.86. The van der Waals surface area contributed by atoms with E-state index in [-0.39, 0.29) is 0 Å². The molecular formula is C17H31N3O3. The van der Waals surface area contributed by atoms with Crippen molar-refractivity contribution >= 4 is 11.8 Å². The Bertz CT molecular complexity index is 406. The normalized spacial score (nSPS) is 25.2. The van der Waals surface area contributed by atoms with E-state index < -0.39 is 6.09 Å². The molecule has 23 heavy (non-hydrogen) atoms. The van der Waals surface area contributed by atoms with Crippen LogP contribution in [0.3, 0.4) is 0 Å². The summed E-state index contributed by atoms with van der Waals surface area (Å²) in [6.45, 7) is 5.72. The number of nitrogens with zero attached hydrogens (tertiary/aromatic N) is 3. The number of likely N-dealkylation sites (tertiary alicyclic amines) is 2. The summed E-state index contributed by atoms with van der Waals surface area (Å²) in [7, 11) is 1.63. The predicted molar refractivity (Wildman–Crippen MR) is 90.9 cm³/mol. The number of carboxylic acid groups (broad SMARTS) is 1. The summed E-state index contributed by atoms with van der Waals surface area (Å²) < 4.78 is 0. The quantitative estimate of drug-likeness (QED) is 0.623. The molecule has 1 amide bonds. The number of carbonyl (C=O) groups is 1. The monoisotopic (exact) mass is 325 g/mol. The summed E-state index contributed by atoms with van der Waals surface area (Å²) in [5.74, 6) is 0.549. The largest absolute Gasteiger partial charge is 0.465 e. The van der Waals surface area contributed by atoms with Gasteiger partial charge in [-0.1, -0.05) is 18.5 Å². The van der Waals surface area contributed by atoms with Gasteiger partial charge in [-0.05, 0) is 51.6 Å². The molecule has 0 spiro atoms. The van der Waals surface area contributed by atoms with E-state index in [2.05, 4.69) is 17.0 Å². The first-order valence-corrected chi connectivity index (χ1v) is 8.97. The van der Waals surface area contributed by atoms with E-state index in [0.29, 0.717) is 25.0 Å². The Hall–Kier alpha value is -1.30. The molecule has 132 valence electrons. The van der Waals surface area contributed by atoms with Crippen LogP contribution in [0.1, 0.15) is 51.9 Å². The van der Waals surface area contributed by atoms with Gasteiger partial charge in [-0.15, -0.1) is 0 Å². The van der Waals surface area contributed by atoms with E-state index in [9.17, 15) is 4.79 Å². The standard InChI is InChI=1S/C17H31N3O3/c1-3-5-16(18-23-2)14-7-11-19(12-8-14)15-6-4-10-20(13-9-15)17(21)22/h14-15H,3-13H2,1-2H3,(H,21,22)/b18-16-/t15-/m0/s1. The van der Waals surface area contributed by atoms with Crippen molar-refractivity contribution in [1.82, 2.24) is 9.80 Å². The van der Waals surface area contributed by atoms with Gasteiger partial charge in [0.15, 0.2) is 0 Å². The molecule has 1 atom stereocenters. The van der Waals surface area contributed by atoms with Crippen molar-refractivity contribution in [3.05, 3.63) is 0 Å². The molecule has 0 radical (unpaired) electrons. The second kappa shape index (κ2) is 9.11. The van der Waals surface area contributed by atoms with E-state index in [1.54, 1.807) is 12.0 Å². The molecule has 0 aromatic carbocycles. The zero-order valence-electron chi connectivity index (χ0n) is 14.5. The van der Waals surface area contributed by atoms with Crippen molar-refractivity contribution in [1.29, 1.82) is 0 Å². The molecule has 2 aliphatic heterocycles. The predicted octanol–water partition coefficient (Wildman–Crippen LogP) is 3.03. The Morgan fingerprint density at radius 3 is 2.52 bits per heavy atom. The fourth-order valence-corrected chi connectivity index (χ4v) is 3.93. The molecule has 2 heterocycles. The molecule has 0 aromatic heterocycles. The summed E-state index contributed by atoms with van der Waals surface area (Å²) >= 11 is 0. The van der Waals surface area contributed by atoms with Crippen LogP contribution in [-0.2, 0) is 4.84 Å². The number of hydrogen-bond acceptors (Lipinski definition) is 4. The van der Waals surface area contributed by atoms with Crippen molar-refractivity contribution in [2.45, 2.75) is 57.9 Å². The number of rotatable bonds is 5. The molecule has 0 saturated carbocycles. The lowest BCUT2D eigenvalue weighted by Gasteiger charge is -2.37. The lowest BCUT2D eigenvalue weighted by atomic mass is 9.88. The van der Waals surface area contributed by atoms with Crippen molar-refractivity contribution in [2.24, 2.45) is 11.1 Å². The minimum Gasteiger partial charge on any atom is -0.465 e. The minimum atomic E-state index is -0.774. The Kier molecular flexibility index (Phi) is 7.15. The summed E-state index contributed by atoms with van der Waals surface area (Å²) in [5, 5.41) is 13.4. The van der Waals surface area contributed by atoms with Crippen LogP contribution in [0.2, 0.25) is 0 Å². The van der Waals surface area contributed by atoms with Crippen LogP contribution >= 0.6 is 0 Å². The zero-order chi connectivity index (χ0) is 16.7. The Morgan fingerprint density at radius 1 is 1.17 bits per heavy atom. The van der Waals surface area contributed by atoms with Crippen LogP contribution in [0.15, 0.2) is 5.16 Å². The van der Waals surface area contributed by atoms with Crippen molar-refractivity contribution in [2.75, 3.05) is 33.3 Å². The van der Waals surface area contributed by atoms with Crippen LogP contribution in [0.4, 0.5) is 4.79 Å². The molecule has 2 rings (SSSR count). The summed E-state index contributed by atoms with van der Waals surface area (Å²) in [5.41, 5.74) is 1.22. The Labute approximate surface area is 139 Å². The molecule has 0 bridgehead atoms. The minimum absolute atomic E-state index is 0.536. The first-order valence-electron chi connectivity index (χ1n) is 8.97. The van der Waals surface area contributed by atoms with Gasteiger partial charge in [0.25, 0.3) is 0 Å². The molecular weight excluding hydrogens is 294 g/mol. The fraction of sp³-hybridized carbons (Fsp3) is 0.882. The highest BCUT2D eigenvalue weighted by atomic mass is 16.6. The fourth-order valence-electron chi connectivity index (χ4n) is 3.93. The lowest BCUT2D eigenvalue weighted by Crippen LogP contribution is -2.43. The maximum absolute atomic E-state index is 11.1. The maximum Gasteiger partial charge on any atom is 0.407 e. The van der Waals surface area contributed by atoms with Gasteiger partial charge in [0.2, 0.25) is 0 Å². The summed E-state index contributed by atoms with van der Waals surface area (Å²) in [4.78, 5) is 20.3. The topological polar surface area (TPSA) is 65.4 Å². The molecule has 2 aliphatic rings. The van der Waals surface area contributed by atoms with Crippen molar-refractivity contribution in [3.8, 4) is 0 Å². The highest BCUT2D eigenvalue weighted by Gasteiger charge is 2.29. The zero-order valence-corrected chi connectivity index (χ0v) is 14.5. The van der Waals surface area contributed by atoms with Crippen LogP contribution in [0.25, 0.3) is 0 Å². The van der Waals surface area contributed by atoms with Gasteiger partial charge in [0.1, 0.15) is 7.11 Å². The SMILES string of the molecule is CCC/C(=N/OC)C1CCN([C@H]2CCCN(C(=O)O)CC2)CC1. The third-order valence-electron chi connectivity index (χ3n) is 5.20. The van der Waals surface area contributed by atoms with E-state index >= 15 is 0 Å². The lowest BCUT2D eigenvalue weighted by molar-refractivity contribution is 0.128. The van der Waals surface area contributed by atoms with Crippen LogP contribution < -0.4 is 0 Å². The maximum atomic E-state index is 11.1.